The van der Waals surface area contributed by atoms with Gasteiger partial charge in [0.1, 0.15) is 0 Å². The third-order valence-corrected chi connectivity index (χ3v) is 5.19. The molecule has 3 rings (SSSR count). The molecule has 25 heavy (non-hydrogen) atoms. The summed E-state index contributed by atoms with van der Waals surface area (Å²) in [5.41, 5.74) is 6.43. The van der Waals surface area contributed by atoms with Gasteiger partial charge in [0.15, 0.2) is 0 Å². The van der Waals surface area contributed by atoms with Crippen LogP contribution in [0.25, 0.3) is 0 Å². The minimum Gasteiger partial charge on any atom is -0.369 e. The second kappa shape index (κ2) is 8.40. The van der Waals surface area contributed by atoms with Crippen LogP contribution < -0.4 is 5.73 Å². The fraction of sp³-hybridized carbons (Fsp3) is 0.611. The maximum absolute atomic E-state index is 12.5. The molecule has 2 aliphatic rings. The molecule has 3 heterocycles. The number of amides is 2. The molecule has 0 radical (unpaired) electrons. The molecule has 1 aromatic heterocycles. The van der Waals surface area contributed by atoms with Crippen LogP contribution >= 0.6 is 0 Å². The lowest BCUT2D eigenvalue weighted by Gasteiger charge is -2.36. The Morgan fingerprint density at radius 3 is 2.32 bits per heavy atom. The number of nitrogens with two attached hydrogens (primary N) is 1. The molecule has 7 nitrogen and oxygen atoms in total. The highest BCUT2D eigenvalue weighted by Crippen LogP contribution is 2.17. The number of carbonyl (C=O) groups excluding carboxylic acids is 2. The van der Waals surface area contributed by atoms with Crippen molar-refractivity contribution in [3.8, 4) is 0 Å². The van der Waals surface area contributed by atoms with Gasteiger partial charge in [0.2, 0.25) is 11.8 Å². The maximum Gasteiger partial charge on any atom is 0.236 e. The normalized spacial score (nSPS) is 20.6. The van der Waals surface area contributed by atoms with Crippen LogP contribution in [0.15, 0.2) is 24.4 Å². The Balaban J connectivity index is 1.39. The second-order valence-corrected chi connectivity index (χ2v) is 6.93. The molecule has 2 aliphatic heterocycles. The number of carbonyl (C=O) groups is 2. The number of hydrogen-bond acceptors (Lipinski definition) is 5. The predicted octanol–water partition coefficient (Wildman–Crippen LogP) is -0.0769. The van der Waals surface area contributed by atoms with Crippen molar-refractivity contribution in [1.29, 1.82) is 0 Å². The van der Waals surface area contributed by atoms with Crippen LogP contribution in [-0.2, 0) is 16.1 Å². The summed E-state index contributed by atoms with van der Waals surface area (Å²) in [6.45, 7) is 6.33. The molecule has 0 atom stereocenters. The van der Waals surface area contributed by atoms with Crippen molar-refractivity contribution in [2.75, 3.05) is 45.8 Å². The maximum atomic E-state index is 12.5. The number of primary amides is 1. The van der Waals surface area contributed by atoms with Crippen LogP contribution in [0.3, 0.4) is 0 Å². The van der Waals surface area contributed by atoms with Crippen molar-refractivity contribution in [1.82, 2.24) is 19.7 Å². The van der Waals surface area contributed by atoms with E-state index in [9.17, 15) is 9.59 Å². The first kappa shape index (κ1) is 17.8. The van der Waals surface area contributed by atoms with Gasteiger partial charge < -0.3 is 10.6 Å². The first-order valence-electron chi connectivity index (χ1n) is 9.03. The molecule has 0 unspecified atom stereocenters. The smallest absolute Gasteiger partial charge is 0.236 e. The van der Waals surface area contributed by atoms with E-state index in [1.54, 1.807) is 0 Å². The van der Waals surface area contributed by atoms with Gasteiger partial charge in [-0.15, -0.1) is 0 Å². The number of aromatic nitrogens is 1. The Morgan fingerprint density at radius 2 is 1.72 bits per heavy atom. The molecular formula is C18H27N5O2. The Hall–Kier alpha value is -1.99. The Kier molecular flexibility index (Phi) is 5.99. The number of piperidine rings is 1. The van der Waals surface area contributed by atoms with Gasteiger partial charge in [0.25, 0.3) is 0 Å². The number of pyridine rings is 1. The summed E-state index contributed by atoms with van der Waals surface area (Å²) in [6, 6.07) is 5.99. The highest BCUT2D eigenvalue weighted by Gasteiger charge is 2.27. The van der Waals surface area contributed by atoms with Crippen LogP contribution in [0, 0.1) is 5.92 Å². The molecule has 0 spiro atoms. The van der Waals surface area contributed by atoms with Gasteiger partial charge in [-0.05, 0) is 25.0 Å². The highest BCUT2D eigenvalue weighted by molar-refractivity contribution is 5.80. The van der Waals surface area contributed by atoms with Gasteiger partial charge in [-0.2, -0.15) is 0 Å². The van der Waals surface area contributed by atoms with Crippen molar-refractivity contribution in [2.24, 2.45) is 11.7 Å². The largest absolute Gasteiger partial charge is 0.369 e. The van der Waals surface area contributed by atoms with E-state index in [1.807, 2.05) is 29.3 Å². The summed E-state index contributed by atoms with van der Waals surface area (Å²) in [6.07, 6.45) is 3.21. The molecule has 1 aromatic rings. The topological polar surface area (TPSA) is 82.8 Å². The predicted molar refractivity (Wildman–Crippen MR) is 94.5 cm³/mol. The first-order valence-corrected chi connectivity index (χ1v) is 9.03. The molecular weight excluding hydrogens is 318 g/mol. The number of rotatable bonds is 5. The number of piperazine rings is 1. The van der Waals surface area contributed by atoms with E-state index in [-0.39, 0.29) is 17.7 Å². The van der Waals surface area contributed by atoms with Crippen LogP contribution in [0.2, 0.25) is 0 Å². The van der Waals surface area contributed by atoms with E-state index < -0.39 is 0 Å². The van der Waals surface area contributed by atoms with Gasteiger partial charge in [-0.1, -0.05) is 6.07 Å². The summed E-state index contributed by atoms with van der Waals surface area (Å²) < 4.78 is 0. The molecule has 2 saturated heterocycles. The monoisotopic (exact) mass is 345 g/mol. The Bertz CT molecular complexity index is 578. The lowest BCUT2D eigenvalue weighted by molar-refractivity contribution is -0.136. The first-order chi connectivity index (χ1) is 12.1. The molecule has 2 fully saturated rings. The van der Waals surface area contributed by atoms with E-state index in [0.717, 1.165) is 38.4 Å². The molecule has 0 aromatic carbocycles. The van der Waals surface area contributed by atoms with Crippen LogP contribution in [0.4, 0.5) is 0 Å². The zero-order chi connectivity index (χ0) is 17.6. The summed E-state index contributed by atoms with van der Waals surface area (Å²) >= 11 is 0. The van der Waals surface area contributed by atoms with E-state index in [0.29, 0.717) is 32.5 Å². The lowest BCUT2D eigenvalue weighted by Crippen LogP contribution is -2.51. The molecule has 2 amide bonds. The lowest BCUT2D eigenvalue weighted by atomic mass is 9.96. The van der Waals surface area contributed by atoms with Gasteiger partial charge >= 0.3 is 0 Å². The quantitative estimate of drug-likeness (QED) is 0.807. The average molecular weight is 345 g/mol. The molecule has 0 aliphatic carbocycles. The standard InChI is InChI=1S/C18H27N5O2/c19-18(25)15-4-7-23(8-5-15)17(24)14-22-11-9-21(10-12-22)13-16-3-1-2-6-20-16/h1-3,6,15H,4-5,7-14H2,(H2,19,25). The zero-order valence-corrected chi connectivity index (χ0v) is 14.6. The van der Waals surface area contributed by atoms with Crippen molar-refractivity contribution < 1.29 is 9.59 Å². The minimum atomic E-state index is -0.240. The van der Waals surface area contributed by atoms with Crippen molar-refractivity contribution >= 4 is 11.8 Å². The summed E-state index contributed by atoms with van der Waals surface area (Å²) in [7, 11) is 0. The van der Waals surface area contributed by atoms with Gasteiger partial charge in [-0.3, -0.25) is 24.4 Å². The van der Waals surface area contributed by atoms with Gasteiger partial charge in [0.05, 0.1) is 12.2 Å². The summed E-state index contributed by atoms with van der Waals surface area (Å²) in [5, 5.41) is 0. The van der Waals surface area contributed by atoms with Crippen LogP contribution in [0.5, 0.6) is 0 Å². The van der Waals surface area contributed by atoms with E-state index >= 15 is 0 Å². The zero-order valence-electron chi connectivity index (χ0n) is 14.6. The van der Waals surface area contributed by atoms with Crippen LogP contribution in [-0.4, -0.2) is 77.3 Å². The fourth-order valence-electron chi connectivity index (χ4n) is 3.53. The summed E-state index contributed by atoms with van der Waals surface area (Å²) in [5.74, 6) is -0.142. The number of likely N-dealkylation sites (tertiary alicyclic amines) is 1. The molecule has 0 saturated carbocycles. The van der Waals surface area contributed by atoms with Gasteiger partial charge in [0, 0.05) is 57.9 Å². The van der Waals surface area contributed by atoms with Crippen molar-refractivity contribution in [2.45, 2.75) is 19.4 Å². The average Bonchev–Trinajstić information content (AvgIpc) is 2.64. The van der Waals surface area contributed by atoms with E-state index in [1.165, 1.54) is 0 Å². The Labute approximate surface area is 148 Å². The Morgan fingerprint density at radius 1 is 1.04 bits per heavy atom. The highest BCUT2D eigenvalue weighted by atomic mass is 16.2. The third kappa shape index (κ3) is 4.99. The number of nitrogens with zero attached hydrogens (tertiary/aromatic N) is 4. The molecule has 2 N–H and O–H groups in total. The summed E-state index contributed by atoms with van der Waals surface area (Å²) in [4.78, 5) is 34.5. The molecule has 7 heteroatoms. The van der Waals surface area contributed by atoms with E-state index in [2.05, 4.69) is 14.8 Å². The van der Waals surface area contributed by atoms with Gasteiger partial charge in [-0.25, -0.2) is 0 Å². The molecule has 136 valence electrons. The molecule has 0 bridgehead atoms. The minimum absolute atomic E-state index is 0.0702. The van der Waals surface area contributed by atoms with Crippen LogP contribution in [0.1, 0.15) is 18.5 Å². The number of hydrogen-bond donors (Lipinski definition) is 1. The van der Waals surface area contributed by atoms with Crippen molar-refractivity contribution in [3.63, 3.8) is 0 Å². The third-order valence-electron chi connectivity index (χ3n) is 5.19. The van der Waals surface area contributed by atoms with Crippen molar-refractivity contribution in [3.05, 3.63) is 30.1 Å². The SMILES string of the molecule is NC(=O)C1CCN(C(=O)CN2CCN(Cc3ccccn3)CC2)CC1. The second-order valence-electron chi connectivity index (χ2n) is 6.93. The fourth-order valence-corrected chi connectivity index (χ4v) is 3.53. The van der Waals surface area contributed by atoms with E-state index in [4.69, 9.17) is 5.73 Å².